The molecule has 0 aliphatic carbocycles. The van der Waals surface area contributed by atoms with Gasteiger partial charge in [0.25, 0.3) is 5.91 Å². The molecular weight excluding hydrogens is 332 g/mol. The molecule has 0 aliphatic rings. The molecule has 0 atom stereocenters. The van der Waals surface area contributed by atoms with Crippen LogP contribution in [0.4, 0.5) is 0 Å². The summed E-state index contributed by atoms with van der Waals surface area (Å²) in [5.74, 6) is -0.445. The van der Waals surface area contributed by atoms with Crippen molar-refractivity contribution in [1.29, 1.82) is 5.26 Å². The van der Waals surface area contributed by atoms with Gasteiger partial charge in [-0.25, -0.2) is 4.79 Å². The van der Waals surface area contributed by atoms with Gasteiger partial charge in [-0.1, -0.05) is 42.5 Å². The Morgan fingerprint density at radius 1 is 1.00 bits per heavy atom. The van der Waals surface area contributed by atoms with Gasteiger partial charge in [-0.05, 0) is 23.3 Å². The number of esters is 1. The molecule has 134 valence electrons. The normalized spacial score (nSPS) is 9.85. The topological polar surface area (TPSA) is 79.6 Å². The van der Waals surface area contributed by atoms with Crippen LogP contribution in [0.25, 0.3) is 11.1 Å². The van der Waals surface area contributed by atoms with Crippen molar-refractivity contribution in [2.24, 2.45) is 0 Å². The van der Waals surface area contributed by atoms with Crippen LogP contribution in [0.15, 0.2) is 54.6 Å². The molecule has 0 radical (unpaired) electrons. The molecule has 0 unspecified atom stereocenters. The van der Waals surface area contributed by atoms with E-state index in [-0.39, 0.29) is 25.5 Å². The molecule has 2 rings (SSSR count). The second-order valence-electron chi connectivity index (χ2n) is 5.56. The minimum Gasteiger partial charge on any atom is -0.482 e. The molecule has 1 amide bonds. The maximum atomic E-state index is 11.7. The van der Waals surface area contributed by atoms with Crippen LogP contribution in [-0.2, 0) is 14.3 Å². The fraction of sp³-hybridized carbons (Fsp3) is 0.250. The number of nitriles is 1. The van der Waals surface area contributed by atoms with Gasteiger partial charge in [0.1, 0.15) is 5.75 Å². The van der Waals surface area contributed by atoms with Gasteiger partial charge in [-0.2, -0.15) is 5.26 Å². The predicted molar refractivity (Wildman–Crippen MR) is 96.2 cm³/mol. The number of likely N-dealkylation sites (N-methyl/N-ethyl adjacent to an activating group) is 1. The van der Waals surface area contributed by atoms with Crippen molar-refractivity contribution < 1.29 is 19.1 Å². The number of hydrogen-bond donors (Lipinski definition) is 0. The molecule has 0 spiro atoms. The molecule has 0 N–H and O–H groups in total. The number of benzene rings is 2. The van der Waals surface area contributed by atoms with Gasteiger partial charge in [0.2, 0.25) is 0 Å². The lowest BCUT2D eigenvalue weighted by Crippen LogP contribution is -2.32. The van der Waals surface area contributed by atoms with E-state index in [1.165, 1.54) is 4.90 Å². The number of carbonyl (C=O) groups excluding carboxylic acids is 2. The fourth-order valence-electron chi connectivity index (χ4n) is 2.15. The minimum absolute atomic E-state index is 0.234. The Morgan fingerprint density at radius 2 is 1.65 bits per heavy atom. The highest BCUT2D eigenvalue weighted by Gasteiger charge is 2.12. The van der Waals surface area contributed by atoms with Crippen molar-refractivity contribution in [3.63, 3.8) is 0 Å². The number of nitrogens with zero attached hydrogens (tertiary/aromatic N) is 2. The van der Waals surface area contributed by atoms with Crippen LogP contribution >= 0.6 is 0 Å². The number of amides is 1. The van der Waals surface area contributed by atoms with E-state index in [2.05, 4.69) is 0 Å². The summed E-state index contributed by atoms with van der Waals surface area (Å²) in [6.45, 7) is -0.339. The first-order valence-electron chi connectivity index (χ1n) is 8.15. The first-order chi connectivity index (χ1) is 12.6. The lowest BCUT2D eigenvalue weighted by Gasteiger charge is -2.15. The highest BCUT2D eigenvalue weighted by Crippen LogP contribution is 2.21. The van der Waals surface area contributed by atoms with Gasteiger partial charge < -0.3 is 14.4 Å². The highest BCUT2D eigenvalue weighted by atomic mass is 16.6. The summed E-state index contributed by atoms with van der Waals surface area (Å²) in [5, 5.41) is 8.49. The lowest BCUT2D eigenvalue weighted by molar-refractivity contribution is -0.153. The molecule has 6 nitrogen and oxygen atoms in total. The summed E-state index contributed by atoms with van der Waals surface area (Å²) in [6.07, 6.45) is 0.234. The molecule has 2 aromatic rings. The second-order valence-corrected chi connectivity index (χ2v) is 5.56. The van der Waals surface area contributed by atoms with E-state index in [1.807, 2.05) is 48.5 Å². The van der Waals surface area contributed by atoms with Crippen LogP contribution in [0.2, 0.25) is 0 Å². The largest absolute Gasteiger partial charge is 0.482 e. The van der Waals surface area contributed by atoms with E-state index in [0.29, 0.717) is 12.3 Å². The van der Waals surface area contributed by atoms with E-state index < -0.39 is 5.97 Å². The molecule has 26 heavy (non-hydrogen) atoms. The van der Waals surface area contributed by atoms with Crippen LogP contribution in [0.5, 0.6) is 5.75 Å². The predicted octanol–water partition coefficient (Wildman–Crippen LogP) is 2.65. The summed E-state index contributed by atoms with van der Waals surface area (Å²) in [7, 11) is 1.55. The van der Waals surface area contributed by atoms with Crippen molar-refractivity contribution in [3.05, 3.63) is 54.6 Å². The Kier molecular flexibility index (Phi) is 7.19. The van der Waals surface area contributed by atoms with Gasteiger partial charge in [0.05, 0.1) is 12.5 Å². The monoisotopic (exact) mass is 352 g/mol. The third kappa shape index (κ3) is 5.95. The lowest BCUT2D eigenvalue weighted by atomic mass is 10.1. The summed E-state index contributed by atoms with van der Waals surface area (Å²) in [5.41, 5.74) is 2.14. The average Bonchev–Trinajstić information content (AvgIpc) is 2.69. The number of ether oxygens (including phenoxy) is 2. The van der Waals surface area contributed by atoms with Gasteiger partial charge in [-0.3, -0.25) is 4.79 Å². The molecular formula is C20H20N2O4. The first kappa shape index (κ1) is 19.0. The van der Waals surface area contributed by atoms with Gasteiger partial charge in [0, 0.05) is 13.6 Å². The van der Waals surface area contributed by atoms with Gasteiger partial charge >= 0.3 is 5.97 Å². The van der Waals surface area contributed by atoms with Crippen LogP contribution < -0.4 is 4.74 Å². The van der Waals surface area contributed by atoms with Crippen molar-refractivity contribution in [3.8, 4) is 22.9 Å². The maximum absolute atomic E-state index is 11.7. The number of carbonyl (C=O) groups is 2. The fourth-order valence-corrected chi connectivity index (χ4v) is 2.15. The summed E-state index contributed by atoms with van der Waals surface area (Å²) >= 11 is 0. The smallest absolute Gasteiger partial charge is 0.344 e. The molecule has 0 bridgehead atoms. The molecule has 0 aliphatic heterocycles. The van der Waals surface area contributed by atoms with Crippen molar-refractivity contribution in [1.82, 2.24) is 4.90 Å². The molecule has 0 aromatic heterocycles. The van der Waals surface area contributed by atoms with E-state index >= 15 is 0 Å². The zero-order chi connectivity index (χ0) is 18.8. The highest BCUT2D eigenvalue weighted by molar-refractivity contribution is 5.80. The maximum Gasteiger partial charge on any atom is 0.344 e. The molecule has 0 saturated heterocycles. The SMILES string of the molecule is CN(CCC#N)C(=O)COC(=O)COc1ccc(-c2ccccc2)cc1. The number of hydrogen-bond acceptors (Lipinski definition) is 5. The Balaban J connectivity index is 1.75. The van der Waals surface area contributed by atoms with Crippen LogP contribution in [0, 0.1) is 11.3 Å². The van der Waals surface area contributed by atoms with E-state index in [9.17, 15) is 9.59 Å². The third-order valence-corrected chi connectivity index (χ3v) is 3.66. The van der Waals surface area contributed by atoms with E-state index in [0.717, 1.165) is 11.1 Å². The molecule has 0 fully saturated rings. The van der Waals surface area contributed by atoms with Crippen LogP contribution in [-0.4, -0.2) is 43.6 Å². The zero-order valence-electron chi connectivity index (χ0n) is 14.6. The Hall–Kier alpha value is -3.33. The molecule has 6 heteroatoms. The summed E-state index contributed by atoms with van der Waals surface area (Å²) in [6, 6.07) is 19.2. The van der Waals surface area contributed by atoms with Crippen molar-refractivity contribution in [2.45, 2.75) is 6.42 Å². The standard InChI is InChI=1S/C20H20N2O4/c1-22(13-5-12-21)19(23)14-26-20(24)15-25-18-10-8-17(9-11-18)16-6-3-2-4-7-16/h2-4,6-11H,5,13-15H2,1H3. The van der Waals surface area contributed by atoms with E-state index in [1.54, 1.807) is 19.2 Å². The molecule has 0 heterocycles. The van der Waals surface area contributed by atoms with Crippen molar-refractivity contribution in [2.75, 3.05) is 26.8 Å². The Labute approximate surface area is 152 Å². The molecule has 2 aromatic carbocycles. The zero-order valence-corrected chi connectivity index (χ0v) is 14.6. The van der Waals surface area contributed by atoms with Crippen molar-refractivity contribution >= 4 is 11.9 Å². The van der Waals surface area contributed by atoms with Crippen LogP contribution in [0.3, 0.4) is 0 Å². The van der Waals surface area contributed by atoms with Gasteiger partial charge in [0.15, 0.2) is 13.2 Å². The summed E-state index contributed by atoms with van der Waals surface area (Å²) < 4.78 is 10.3. The third-order valence-electron chi connectivity index (χ3n) is 3.66. The number of rotatable bonds is 8. The molecule has 0 saturated carbocycles. The van der Waals surface area contributed by atoms with Gasteiger partial charge in [-0.15, -0.1) is 0 Å². The minimum atomic E-state index is -0.626. The van der Waals surface area contributed by atoms with E-state index in [4.69, 9.17) is 14.7 Å². The quantitative estimate of drug-likeness (QED) is 0.683. The second kappa shape index (κ2) is 9.84. The van der Waals surface area contributed by atoms with Crippen LogP contribution in [0.1, 0.15) is 6.42 Å². The Morgan fingerprint density at radius 3 is 2.31 bits per heavy atom. The summed E-state index contributed by atoms with van der Waals surface area (Å²) in [4.78, 5) is 24.7. The Bertz CT molecular complexity index is 767. The first-order valence-corrected chi connectivity index (χ1v) is 8.15. The average molecular weight is 352 g/mol.